The average Bonchev–Trinajstić information content (AvgIpc) is 2.59. The molecular formula is C19H15ClN2O. The van der Waals surface area contributed by atoms with Crippen LogP contribution in [0.15, 0.2) is 84.0 Å². The number of rotatable bonds is 5. The third kappa shape index (κ3) is 4.59. The Morgan fingerprint density at radius 1 is 0.783 bits per heavy atom. The van der Waals surface area contributed by atoms with E-state index in [0.29, 0.717) is 5.02 Å². The Kier molecular flexibility index (Phi) is 4.92. The average molecular weight is 323 g/mol. The fourth-order valence-electron chi connectivity index (χ4n) is 1.95. The van der Waals surface area contributed by atoms with Crippen molar-refractivity contribution in [2.75, 3.05) is 5.43 Å². The molecule has 0 saturated heterocycles. The Hall–Kier alpha value is -2.78. The lowest BCUT2D eigenvalue weighted by atomic mass is 10.2. The van der Waals surface area contributed by atoms with E-state index in [1.54, 1.807) is 18.3 Å². The van der Waals surface area contributed by atoms with Gasteiger partial charge < -0.3 is 4.74 Å². The molecule has 3 aromatic rings. The molecule has 1 N–H and O–H groups in total. The number of ether oxygens (including phenoxy) is 1. The van der Waals surface area contributed by atoms with Crippen LogP contribution in [0.25, 0.3) is 0 Å². The molecule has 23 heavy (non-hydrogen) atoms. The van der Waals surface area contributed by atoms with Crippen molar-refractivity contribution in [1.29, 1.82) is 0 Å². The largest absolute Gasteiger partial charge is 0.457 e. The van der Waals surface area contributed by atoms with E-state index in [1.165, 1.54) is 0 Å². The summed E-state index contributed by atoms with van der Waals surface area (Å²) in [6.45, 7) is 0. The number of hydrazone groups is 1. The molecule has 0 aliphatic carbocycles. The van der Waals surface area contributed by atoms with Crippen LogP contribution in [0, 0.1) is 0 Å². The van der Waals surface area contributed by atoms with Crippen molar-refractivity contribution in [3.8, 4) is 11.5 Å². The van der Waals surface area contributed by atoms with E-state index in [4.69, 9.17) is 16.3 Å². The lowest BCUT2D eigenvalue weighted by Crippen LogP contribution is -1.90. The number of para-hydroxylation sites is 1. The van der Waals surface area contributed by atoms with Gasteiger partial charge in [-0.05, 0) is 66.2 Å². The van der Waals surface area contributed by atoms with Crippen LogP contribution >= 0.6 is 11.6 Å². The van der Waals surface area contributed by atoms with Crippen molar-refractivity contribution in [3.63, 3.8) is 0 Å². The van der Waals surface area contributed by atoms with Gasteiger partial charge in [-0.3, -0.25) is 5.43 Å². The molecule has 0 unspecified atom stereocenters. The summed E-state index contributed by atoms with van der Waals surface area (Å²) >= 11 is 5.85. The molecule has 0 saturated carbocycles. The summed E-state index contributed by atoms with van der Waals surface area (Å²) in [4.78, 5) is 0. The summed E-state index contributed by atoms with van der Waals surface area (Å²) in [7, 11) is 0. The lowest BCUT2D eigenvalue weighted by molar-refractivity contribution is 0.482. The predicted molar refractivity (Wildman–Crippen MR) is 95.6 cm³/mol. The molecule has 0 aromatic heterocycles. The molecule has 3 rings (SSSR count). The van der Waals surface area contributed by atoms with E-state index in [2.05, 4.69) is 10.5 Å². The van der Waals surface area contributed by atoms with Crippen LogP contribution in [0.4, 0.5) is 5.69 Å². The molecule has 0 radical (unpaired) electrons. The van der Waals surface area contributed by atoms with Crippen LogP contribution in [0.3, 0.4) is 0 Å². The highest BCUT2D eigenvalue weighted by Gasteiger charge is 1.97. The van der Waals surface area contributed by atoms with Crippen molar-refractivity contribution >= 4 is 23.5 Å². The number of hydrogen-bond acceptors (Lipinski definition) is 3. The van der Waals surface area contributed by atoms with Crippen LogP contribution < -0.4 is 10.2 Å². The summed E-state index contributed by atoms with van der Waals surface area (Å²) in [6.07, 6.45) is 1.76. The first-order valence-corrected chi connectivity index (χ1v) is 7.55. The molecular weight excluding hydrogens is 308 g/mol. The van der Waals surface area contributed by atoms with Crippen molar-refractivity contribution in [2.24, 2.45) is 5.10 Å². The fraction of sp³-hybridized carbons (Fsp3) is 0. The number of nitrogens with one attached hydrogen (secondary N) is 1. The van der Waals surface area contributed by atoms with Crippen molar-refractivity contribution < 1.29 is 4.74 Å². The van der Waals surface area contributed by atoms with Gasteiger partial charge in [-0.2, -0.15) is 5.10 Å². The fourth-order valence-corrected chi connectivity index (χ4v) is 2.08. The molecule has 0 atom stereocenters. The molecule has 0 heterocycles. The Labute approximate surface area is 140 Å². The summed E-state index contributed by atoms with van der Waals surface area (Å²) < 4.78 is 5.74. The predicted octanol–water partition coefficient (Wildman–Crippen LogP) is 5.58. The van der Waals surface area contributed by atoms with Crippen molar-refractivity contribution in [2.45, 2.75) is 0 Å². The minimum absolute atomic E-state index is 0.690. The van der Waals surface area contributed by atoms with Gasteiger partial charge in [0.25, 0.3) is 0 Å². The molecule has 0 aliphatic heterocycles. The first-order valence-electron chi connectivity index (χ1n) is 7.17. The minimum atomic E-state index is 0.690. The Balaban J connectivity index is 1.59. The van der Waals surface area contributed by atoms with Gasteiger partial charge in [0, 0.05) is 5.02 Å². The van der Waals surface area contributed by atoms with Gasteiger partial charge in [0.2, 0.25) is 0 Å². The SMILES string of the molecule is Clc1ccc(Oc2ccc(C=NNc3ccccc3)cc2)cc1. The highest BCUT2D eigenvalue weighted by atomic mass is 35.5. The maximum atomic E-state index is 5.85. The topological polar surface area (TPSA) is 33.6 Å². The zero-order chi connectivity index (χ0) is 15.9. The second-order valence-electron chi connectivity index (χ2n) is 4.86. The van der Waals surface area contributed by atoms with E-state index in [9.17, 15) is 0 Å². The Morgan fingerprint density at radius 2 is 1.39 bits per heavy atom. The molecule has 3 nitrogen and oxygen atoms in total. The quantitative estimate of drug-likeness (QED) is 0.491. The normalized spacial score (nSPS) is 10.7. The van der Waals surface area contributed by atoms with Gasteiger partial charge in [-0.25, -0.2) is 0 Å². The van der Waals surface area contributed by atoms with Crippen LogP contribution in [-0.2, 0) is 0 Å². The van der Waals surface area contributed by atoms with Crippen LogP contribution in [0.5, 0.6) is 11.5 Å². The van der Waals surface area contributed by atoms with E-state index >= 15 is 0 Å². The first-order chi connectivity index (χ1) is 11.3. The van der Waals surface area contributed by atoms with Gasteiger partial charge in [0.05, 0.1) is 11.9 Å². The molecule has 0 bridgehead atoms. The number of anilines is 1. The van der Waals surface area contributed by atoms with Crippen LogP contribution in [0.1, 0.15) is 5.56 Å². The molecule has 3 aromatic carbocycles. The second kappa shape index (κ2) is 7.47. The minimum Gasteiger partial charge on any atom is -0.457 e. The van der Waals surface area contributed by atoms with Gasteiger partial charge in [-0.15, -0.1) is 0 Å². The zero-order valence-electron chi connectivity index (χ0n) is 12.3. The maximum Gasteiger partial charge on any atom is 0.127 e. The second-order valence-corrected chi connectivity index (χ2v) is 5.30. The zero-order valence-corrected chi connectivity index (χ0v) is 13.1. The summed E-state index contributed by atoms with van der Waals surface area (Å²) in [6, 6.07) is 24.8. The van der Waals surface area contributed by atoms with E-state index in [-0.39, 0.29) is 0 Å². The third-order valence-corrected chi connectivity index (χ3v) is 3.36. The summed E-state index contributed by atoms with van der Waals surface area (Å²) in [5.74, 6) is 1.52. The first kappa shape index (κ1) is 15.1. The number of nitrogens with zero attached hydrogens (tertiary/aromatic N) is 1. The van der Waals surface area contributed by atoms with Gasteiger partial charge in [0.1, 0.15) is 11.5 Å². The third-order valence-electron chi connectivity index (χ3n) is 3.11. The van der Waals surface area contributed by atoms with Gasteiger partial charge in [-0.1, -0.05) is 29.8 Å². The van der Waals surface area contributed by atoms with Gasteiger partial charge in [0.15, 0.2) is 0 Å². The lowest BCUT2D eigenvalue weighted by Gasteiger charge is -2.05. The van der Waals surface area contributed by atoms with E-state index in [0.717, 1.165) is 22.7 Å². The van der Waals surface area contributed by atoms with Crippen LogP contribution in [0.2, 0.25) is 5.02 Å². The highest BCUT2D eigenvalue weighted by molar-refractivity contribution is 6.30. The molecule has 0 fully saturated rings. The Bertz CT molecular complexity index is 769. The Morgan fingerprint density at radius 3 is 2.04 bits per heavy atom. The molecule has 0 amide bonds. The monoisotopic (exact) mass is 322 g/mol. The summed E-state index contributed by atoms with van der Waals surface area (Å²) in [5, 5.41) is 4.89. The maximum absolute atomic E-state index is 5.85. The number of benzene rings is 3. The van der Waals surface area contributed by atoms with Crippen LogP contribution in [-0.4, -0.2) is 6.21 Å². The van der Waals surface area contributed by atoms with Gasteiger partial charge >= 0.3 is 0 Å². The number of hydrogen-bond donors (Lipinski definition) is 1. The smallest absolute Gasteiger partial charge is 0.127 e. The van der Waals surface area contributed by atoms with Crippen molar-refractivity contribution in [3.05, 3.63) is 89.4 Å². The van der Waals surface area contributed by atoms with E-state index in [1.807, 2.05) is 66.7 Å². The molecule has 0 spiro atoms. The van der Waals surface area contributed by atoms with Crippen molar-refractivity contribution in [1.82, 2.24) is 0 Å². The molecule has 114 valence electrons. The van der Waals surface area contributed by atoms with E-state index < -0.39 is 0 Å². The highest BCUT2D eigenvalue weighted by Crippen LogP contribution is 2.23. The molecule has 0 aliphatic rings. The standard InChI is InChI=1S/C19H15ClN2O/c20-16-8-12-19(13-9-16)23-18-10-6-15(7-11-18)14-21-22-17-4-2-1-3-5-17/h1-14,22H. The molecule has 4 heteroatoms. The number of halogens is 1. The summed E-state index contributed by atoms with van der Waals surface area (Å²) in [5.41, 5.74) is 4.91.